The normalized spacial score (nSPS) is 10.5. The fraction of sp³-hybridized carbons (Fsp3) is 0.158. The van der Waals surface area contributed by atoms with Crippen LogP contribution in [0.2, 0.25) is 5.02 Å². The van der Waals surface area contributed by atoms with Crippen molar-refractivity contribution in [1.82, 2.24) is 4.98 Å². The molecule has 0 saturated heterocycles. The van der Waals surface area contributed by atoms with Gasteiger partial charge in [0, 0.05) is 29.2 Å². The number of hydrogen-bond donors (Lipinski definition) is 1. The van der Waals surface area contributed by atoms with Gasteiger partial charge in [0.05, 0.1) is 18.2 Å². The molecule has 1 aromatic heterocycles. The predicted molar refractivity (Wildman–Crippen MR) is 100 cm³/mol. The number of nitrogens with zero attached hydrogens (tertiary/aromatic N) is 2. The molecule has 0 atom stereocenters. The van der Waals surface area contributed by atoms with E-state index in [2.05, 4.69) is 11.1 Å². The highest BCUT2D eigenvalue weighted by Gasteiger charge is 2.13. The molecule has 0 fully saturated rings. The minimum absolute atomic E-state index is 0.205. The number of H-pyrrole nitrogens is 1. The second-order valence-electron chi connectivity index (χ2n) is 5.73. The number of pyridine rings is 1. The molecule has 0 bridgehead atoms. The topological polar surface area (TPSA) is 69.1 Å². The van der Waals surface area contributed by atoms with Crippen molar-refractivity contribution in [3.05, 3.63) is 62.9 Å². The third-order valence-corrected chi connectivity index (χ3v) is 4.37. The Morgan fingerprint density at radius 1 is 1.24 bits per heavy atom. The van der Waals surface area contributed by atoms with Gasteiger partial charge < -0.3 is 14.6 Å². The molecule has 0 aliphatic rings. The number of hydrogen-bond acceptors (Lipinski definition) is 4. The molecule has 3 aromatic rings. The van der Waals surface area contributed by atoms with Gasteiger partial charge in [-0.05, 0) is 42.8 Å². The molecule has 6 heteroatoms. The zero-order chi connectivity index (χ0) is 18.1. The zero-order valence-corrected chi connectivity index (χ0v) is 14.8. The Balaban J connectivity index is 2.14. The Morgan fingerprint density at radius 3 is 2.68 bits per heavy atom. The lowest BCUT2D eigenvalue weighted by Gasteiger charge is -2.20. The van der Waals surface area contributed by atoms with Crippen LogP contribution in [-0.2, 0) is 0 Å². The summed E-state index contributed by atoms with van der Waals surface area (Å²) in [7, 11) is 3.29. The molecule has 0 aliphatic carbocycles. The lowest BCUT2D eigenvalue weighted by Crippen LogP contribution is -2.20. The molecule has 0 saturated carbocycles. The van der Waals surface area contributed by atoms with E-state index in [1.807, 2.05) is 19.1 Å². The first kappa shape index (κ1) is 16.9. The van der Waals surface area contributed by atoms with Gasteiger partial charge >= 0.3 is 0 Å². The lowest BCUT2D eigenvalue weighted by atomic mass is 10.1. The van der Waals surface area contributed by atoms with Crippen LogP contribution in [0, 0.1) is 18.3 Å². The van der Waals surface area contributed by atoms with Crippen molar-refractivity contribution < 1.29 is 4.74 Å². The van der Waals surface area contributed by atoms with Crippen molar-refractivity contribution in [3.63, 3.8) is 0 Å². The summed E-state index contributed by atoms with van der Waals surface area (Å²) in [6.07, 6.45) is 0. The molecule has 0 unspecified atom stereocenters. The van der Waals surface area contributed by atoms with E-state index in [1.165, 1.54) is 7.11 Å². The van der Waals surface area contributed by atoms with Gasteiger partial charge in [-0.25, -0.2) is 0 Å². The molecule has 0 spiro atoms. The van der Waals surface area contributed by atoms with Crippen molar-refractivity contribution in [2.45, 2.75) is 6.92 Å². The first-order valence-corrected chi connectivity index (χ1v) is 7.97. The largest absolute Gasteiger partial charge is 0.495 e. The first-order valence-electron chi connectivity index (χ1n) is 7.59. The van der Waals surface area contributed by atoms with E-state index < -0.39 is 0 Å². The number of methoxy groups -OCH3 is 1. The highest BCUT2D eigenvalue weighted by molar-refractivity contribution is 6.31. The molecule has 0 aliphatic heterocycles. The van der Waals surface area contributed by atoms with E-state index in [4.69, 9.17) is 21.6 Å². The Kier molecular flexibility index (Phi) is 4.39. The minimum Gasteiger partial charge on any atom is -0.495 e. The SMILES string of the molecule is COc1cc(N(C)c2cc3cc(Cl)cc(C)c3[nH]c2=O)ccc1C#N. The standard InChI is InChI=1S/C19H16ClN3O2/c1-11-6-14(20)7-13-8-16(19(24)22-18(11)13)23(2)15-5-4-12(10-21)17(9-15)25-3/h4-9H,1-3H3,(H,22,24). The van der Waals surface area contributed by atoms with E-state index in [-0.39, 0.29) is 5.56 Å². The molecule has 0 radical (unpaired) electrons. The molecule has 2 aromatic carbocycles. The molecule has 126 valence electrons. The number of anilines is 2. The van der Waals surface area contributed by atoms with Crippen molar-refractivity contribution in [1.29, 1.82) is 5.26 Å². The van der Waals surface area contributed by atoms with Crippen LogP contribution in [0.25, 0.3) is 10.9 Å². The van der Waals surface area contributed by atoms with Crippen LogP contribution >= 0.6 is 11.6 Å². The first-order chi connectivity index (χ1) is 11.9. The van der Waals surface area contributed by atoms with Crippen molar-refractivity contribution in [2.24, 2.45) is 0 Å². The van der Waals surface area contributed by atoms with E-state index in [0.29, 0.717) is 22.0 Å². The summed E-state index contributed by atoms with van der Waals surface area (Å²) >= 11 is 6.13. The quantitative estimate of drug-likeness (QED) is 0.768. The summed E-state index contributed by atoms with van der Waals surface area (Å²) in [5.74, 6) is 0.461. The Labute approximate surface area is 150 Å². The molecule has 1 N–H and O–H groups in total. The molecular weight excluding hydrogens is 338 g/mol. The molecule has 25 heavy (non-hydrogen) atoms. The number of aromatic nitrogens is 1. The smallest absolute Gasteiger partial charge is 0.272 e. The number of aryl methyl sites for hydroxylation is 1. The number of benzene rings is 2. The van der Waals surface area contributed by atoms with Crippen LogP contribution in [0.3, 0.4) is 0 Å². The van der Waals surface area contributed by atoms with Crippen molar-refractivity contribution in [3.8, 4) is 11.8 Å². The Hall–Kier alpha value is -2.97. The van der Waals surface area contributed by atoms with E-state index in [0.717, 1.165) is 22.2 Å². The van der Waals surface area contributed by atoms with Crippen LogP contribution in [0.15, 0.2) is 41.2 Å². The maximum absolute atomic E-state index is 12.5. The van der Waals surface area contributed by atoms with Gasteiger partial charge in [0.1, 0.15) is 17.5 Å². The molecule has 1 heterocycles. The summed E-state index contributed by atoms with van der Waals surface area (Å²) in [6.45, 7) is 1.90. The summed E-state index contributed by atoms with van der Waals surface area (Å²) in [6, 6.07) is 12.7. The van der Waals surface area contributed by atoms with Gasteiger partial charge in [0.15, 0.2) is 0 Å². The summed E-state index contributed by atoms with van der Waals surface area (Å²) in [5, 5.41) is 10.6. The maximum Gasteiger partial charge on any atom is 0.272 e. The van der Waals surface area contributed by atoms with Crippen LogP contribution < -0.4 is 15.2 Å². The number of nitriles is 1. The fourth-order valence-electron chi connectivity index (χ4n) is 2.81. The molecule has 0 amide bonds. The number of halogens is 1. The second kappa shape index (κ2) is 6.50. The van der Waals surface area contributed by atoms with Gasteiger partial charge in [-0.3, -0.25) is 4.79 Å². The maximum atomic E-state index is 12.5. The number of nitrogens with one attached hydrogen (secondary N) is 1. The van der Waals surface area contributed by atoms with Crippen LogP contribution in [0.5, 0.6) is 5.75 Å². The third kappa shape index (κ3) is 3.04. The third-order valence-electron chi connectivity index (χ3n) is 4.15. The summed E-state index contributed by atoms with van der Waals surface area (Å²) in [4.78, 5) is 17.2. The summed E-state index contributed by atoms with van der Waals surface area (Å²) in [5.41, 5.74) is 3.12. The van der Waals surface area contributed by atoms with Gasteiger partial charge in [0.25, 0.3) is 5.56 Å². The van der Waals surface area contributed by atoms with Crippen LogP contribution in [-0.4, -0.2) is 19.1 Å². The van der Waals surface area contributed by atoms with E-state index in [9.17, 15) is 4.79 Å². The monoisotopic (exact) mass is 353 g/mol. The second-order valence-corrected chi connectivity index (χ2v) is 6.16. The highest BCUT2D eigenvalue weighted by atomic mass is 35.5. The number of fused-ring (bicyclic) bond motifs is 1. The average molecular weight is 354 g/mol. The Bertz CT molecular complexity index is 1070. The molecule has 5 nitrogen and oxygen atoms in total. The predicted octanol–water partition coefficient (Wildman–Crippen LogP) is 4.14. The zero-order valence-electron chi connectivity index (χ0n) is 14.1. The van der Waals surface area contributed by atoms with Gasteiger partial charge in [-0.1, -0.05) is 11.6 Å². The van der Waals surface area contributed by atoms with Gasteiger partial charge in [-0.15, -0.1) is 0 Å². The van der Waals surface area contributed by atoms with E-state index in [1.54, 1.807) is 36.2 Å². The lowest BCUT2D eigenvalue weighted by molar-refractivity contribution is 0.413. The highest BCUT2D eigenvalue weighted by Crippen LogP contribution is 2.30. The molecular formula is C19H16ClN3O2. The number of ether oxygens (including phenoxy) is 1. The van der Waals surface area contributed by atoms with Gasteiger partial charge in [0.2, 0.25) is 0 Å². The van der Waals surface area contributed by atoms with Crippen molar-refractivity contribution >= 4 is 33.9 Å². The Morgan fingerprint density at radius 2 is 2.00 bits per heavy atom. The number of aromatic amines is 1. The fourth-order valence-corrected chi connectivity index (χ4v) is 3.09. The molecule has 3 rings (SSSR count). The summed E-state index contributed by atoms with van der Waals surface area (Å²) < 4.78 is 5.24. The minimum atomic E-state index is -0.205. The van der Waals surface area contributed by atoms with Gasteiger partial charge in [-0.2, -0.15) is 5.26 Å². The number of rotatable bonds is 3. The van der Waals surface area contributed by atoms with E-state index >= 15 is 0 Å². The van der Waals surface area contributed by atoms with Crippen LogP contribution in [0.1, 0.15) is 11.1 Å². The van der Waals surface area contributed by atoms with Crippen molar-refractivity contribution in [2.75, 3.05) is 19.1 Å². The van der Waals surface area contributed by atoms with Crippen LogP contribution in [0.4, 0.5) is 11.4 Å². The average Bonchev–Trinajstić information content (AvgIpc) is 2.60.